The van der Waals surface area contributed by atoms with E-state index < -0.39 is 0 Å². The Balaban J connectivity index is 1.47. The molecule has 0 fully saturated rings. The number of aryl methyl sites for hydroxylation is 2. The Bertz CT molecular complexity index is 1110. The second kappa shape index (κ2) is 7.80. The Morgan fingerprint density at radius 3 is 2.67 bits per heavy atom. The van der Waals surface area contributed by atoms with Gasteiger partial charge in [0.15, 0.2) is 5.13 Å². The van der Waals surface area contributed by atoms with Crippen LogP contribution in [0.15, 0.2) is 36.0 Å². The molecule has 5 nitrogen and oxygen atoms in total. The summed E-state index contributed by atoms with van der Waals surface area (Å²) in [6, 6.07) is 6.34. The molecular formula is C23H25FN4OS. The van der Waals surface area contributed by atoms with Gasteiger partial charge in [0, 0.05) is 11.3 Å². The molecule has 7 heteroatoms. The molecule has 1 N–H and O–H groups in total. The Kier molecular flexibility index (Phi) is 5.32. The first kappa shape index (κ1) is 20.5. The minimum absolute atomic E-state index is 0.00872. The van der Waals surface area contributed by atoms with Gasteiger partial charge in [-0.15, -0.1) is 11.3 Å². The largest absolute Gasteiger partial charge is 0.302 e. The fourth-order valence-electron chi connectivity index (χ4n) is 3.79. The van der Waals surface area contributed by atoms with Gasteiger partial charge in [-0.2, -0.15) is 5.10 Å². The van der Waals surface area contributed by atoms with Crippen LogP contribution in [-0.4, -0.2) is 20.7 Å². The van der Waals surface area contributed by atoms with E-state index in [0.29, 0.717) is 11.6 Å². The van der Waals surface area contributed by atoms with Gasteiger partial charge in [-0.3, -0.25) is 4.79 Å². The fourth-order valence-corrected chi connectivity index (χ4v) is 4.62. The molecule has 1 atom stereocenters. The molecule has 3 aromatic rings. The molecule has 1 amide bonds. The topological polar surface area (TPSA) is 59.8 Å². The molecule has 1 aromatic carbocycles. The van der Waals surface area contributed by atoms with Crippen LogP contribution in [0.1, 0.15) is 48.5 Å². The second-order valence-electron chi connectivity index (χ2n) is 8.22. The third kappa shape index (κ3) is 3.94. The van der Waals surface area contributed by atoms with E-state index in [2.05, 4.69) is 35.3 Å². The maximum atomic E-state index is 13.3. The summed E-state index contributed by atoms with van der Waals surface area (Å²) in [5.41, 5.74) is 5.05. The van der Waals surface area contributed by atoms with E-state index in [1.165, 1.54) is 29.0 Å². The molecule has 1 aliphatic carbocycles. The first-order chi connectivity index (χ1) is 14.2. The predicted molar refractivity (Wildman–Crippen MR) is 118 cm³/mol. The van der Waals surface area contributed by atoms with Crippen molar-refractivity contribution in [3.63, 3.8) is 0 Å². The molecule has 1 unspecified atom stereocenters. The first-order valence-corrected chi connectivity index (χ1v) is 10.8. The smallest absolute Gasteiger partial charge is 0.226 e. The number of nitrogens with zero attached hydrogens (tertiary/aromatic N) is 3. The molecule has 0 spiro atoms. The number of thiazole rings is 1. The number of amides is 1. The Labute approximate surface area is 179 Å². The second-order valence-corrected chi connectivity index (χ2v) is 9.42. The van der Waals surface area contributed by atoms with Crippen LogP contribution in [0, 0.1) is 25.1 Å². The number of carbonyl (C=O) groups is 1. The molecule has 4 rings (SSSR count). The number of fused-ring (bicyclic) bond motifs is 1. The van der Waals surface area contributed by atoms with Gasteiger partial charge in [-0.05, 0) is 74.9 Å². The number of aromatic nitrogens is 3. The van der Waals surface area contributed by atoms with Crippen molar-refractivity contribution >= 4 is 28.5 Å². The van der Waals surface area contributed by atoms with Crippen molar-refractivity contribution in [1.82, 2.24) is 14.8 Å². The summed E-state index contributed by atoms with van der Waals surface area (Å²) in [7, 11) is 0. The van der Waals surface area contributed by atoms with Gasteiger partial charge in [-0.1, -0.05) is 12.5 Å². The van der Waals surface area contributed by atoms with E-state index in [-0.39, 0.29) is 17.1 Å². The highest BCUT2D eigenvalue weighted by Crippen LogP contribution is 2.42. The summed E-state index contributed by atoms with van der Waals surface area (Å²) in [6.45, 7) is 8.25. The molecule has 156 valence electrons. The van der Waals surface area contributed by atoms with Crippen molar-refractivity contribution in [1.29, 1.82) is 0 Å². The molecule has 0 saturated carbocycles. The minimum atomic E-state index is -0.264. The molecule has 0 saturated heterocycles. The molecule has 2 heterocycles. The quantitative estimate of drug-likeness (QED) is 0.591. The van der Waals surface area contributed by atoms with Gasteiger partial charge in [0.1, 0.15) is 5.82 Å². The van der Waals surface area contributed by atoms with Crippen LogP contribution in [-0.2, 0) is 11.2 Å². The van der Waals surface area contributed by atoms with Crippen molar-refractivity contribution in [2.75, 3.05) is 5.32 Å². The van der Waals surface area contributed by atoms with E-state index in [1.54, 1.807) is 12.1 Å². The van der Waals surface area contributed by atoms with Crippen LogP contribution >= 0.6 is 11.3 Å². The first-order valence-electron chi connectivity index (χ1n) is 10.0. The minimum Gasteiger partial charge on any atom is -0.302 e. The number of anilines is 1. The van der Waals surface area contributed by atoms with Gasteiger partial charge in [0.05, 0.1) is 23.3 Å². The van der Waals surface area contributed by atoms with Gasteiger partial charge in [0.25, 0.3) is 0 Å². The number of hydrogen-bond acceptors (Lipinski definition) is 4. The SMILES string of the molecule is CC1=Cc2c(cnn2-c2ccc(F)cc2)CC1(C)CCC(=O)Nc1nc(C)c(C)s1. The summed E-state index contributed by atoms with van der Waals surface area (Å²) in [4.78, 5) is 18.0. The van der Waals surface area contributed by atoms with Gasteiger partial charge >= 0.3 is 0 Å². The number of nitrogens with one attached hydrogen (secondary N) is 1. The third-order valence-electron chi connectivity index (χ3n) is 6.02. The number of rotatable bonds is 5. The number of allylic oxidation sites excluding steroid dienone is 1. The predicted octanol–water partition coefficient (Wildman–Crippen LogP) is 5.47. The number of halogens is 1. The number of benzene rings is 1. The average molecular weight is 425 g/mol. The van der Waals surface area contributed by atoms with Crippen molar-refractivity contribution < 1.29 is 9.18 Å². The Morgan fingerprint density at radius 1 is 1.27 bits per heavy atom. The van der Waals surface area contributed by atoms with Crippen molar-refractivity contribution in [2.45, 2.75) is 47.0 Å². The van der Waals surface area contributed by atoms with Gasteiger partial charge < -0.3 is 5.32 Å². The van der Waals surface area contributed by atoms with Crippen LogP contribution in [0.3, 0.4) is 0 Å². The number of carbonyl (C=O) groups excluding carboxylic acids is 1. The normalized spacial score (nSPS) is 18.1. The van der Waals surface area contributed by atoms with Crippen LogP contribution in [0.25, 0.3) is 11.8 Å². The van der Waals surface area contributed by atoms with Crippen LogP contribution < -0.4 is 5.32 Å². The molecule has 2 aromatic heterocycles. The molecule has 0 aliphatic heterocycles. The lowest BCUT2D eigenvalue weighted by Gasteiger charge is -2.34. The van der Waals surface area contributed by atoms with E-state index in [9.17, 15) is 9.18 Å². The summed E-state index contributed by atoms with van der Waals surface area (Å²) in [6.07, 6.45) is 6.00. The van der Waals surface area contributed by atoms with Gasteiger partial charge in [0.2, 0.25) is 5.91 Å². The highest BCUT2D eigenvalue weighted by molar-refractivity contribution is 7.15. The lowest BCUT2D eigenvalue weighted by atomic mass is 9.71. The maximum absolute atomic E-state index is 13.3. The van der Waals surface area contributed by atoms with Gasteiger partial charge in [-0.25, -0.2) is 14.1 Å². The zero-order chi connectivity index (χ0) is 21.5. The summed E-state index contributed by atoms with van der Waals surface area (Å²) < 4.78 is 15.1. The highest BCUT2D eigenvalue weighted by atomic mass is 32.1. The lowest BCUT2D eigenvalue weighted by Crippen LogP contribution is -2.26. The zero-order valence-electron chi connectivity index (χ0n) is 17.6. The maximum Gasteiger partial charge on any atom is 0.226 e. The van der Waals surface area contributed by atoms with E-state index in [1.807, 2.05) is 24.7 Å². The van der Waals surface area contributed by atoms with Crippen molar-refractivity contribution in [2.24, 2.45) is 5.41 Å². The third-order valence-corrected chi connectivity index (χ3v) is 7.01. The Hall–Kier alpha value is -2.80. The lowest BCUT2D eigenvalue weighted by molar-refractivity contribution is -0.116. The van der Waals surface area contributed by atoms with Crippen LogP contribution in [0.5, 0.6) is 0 Å². The molecule has 1 aliphatic rings. The van der Waals surface area contributed by atoms with E-state index >= 15 is 0 Å². The van der Waals surface area contributed by atoms with E-state index in [0.717, 1.165) is 40.4 Å². The molecule has 0 radical (unpaired) electrons. The fraction of sp³-hybridized carbons (Fsp3) is 0.348. The summed E-state index contributed by atoms with van der Waals surface area (Å²) >= 11 is 1.51. The monoisotopic (exact) mass is 424 g/mol. The van der Waals surface area contributed by atoms with Crippen molar-refractivity contribution in [3.05, 3.63) is 63.7 Å². The standard InChI is InChI=1S/C23H25FN4OS/c1-14-11-20-17(13-25-28(20)19-7-5-18(24)6-8-19)12-23(14,4)10-9-21(29)27-22-26-15(2)16(3)30-22/h5-8,11,13H,9-10,12H2,1-4H3,(H,26,27,29). The summed E-state index contributed by atoms with van der Waals surface area (Å²) in [5.74, 6) is -0.272. The Morgan fingerprint density at radius 2 is 2.00 bits per heavy atom. The average Bonchev–Trinajstić information content (AvgIpc) is 3.23. The zero-order valence-corrected chi connectivity index (χ0v) is 18.4. The van der Waals surface area contributed by atoms with Crippen LogP contribution in [0.4, 0.5) is 9.52 Å². The number of hydrogen-bond donors (Lipinski definition) is 1. The highest BCUT2D eigenvalue weighted by Gasteiger charge is 2.33. The van der Waals surface area contributed by atoms with Crippen LogP contribution in [0.2, 0.25) is 0 Å². The molecule has 30 heavy (non-hydrogen) atoms. The summed E-state index contributed by atoms with van der Waals surface area (Å²) in [5, 5.41) is 8.11. The molecule has 0 bridgehead atoms. The van der Waals surface area contributed by atoms with E-state index in [4.69, 9.17) is 0 Å². The van der Waals surface area contributed by atoms with Crippen molar-refractivity contribution in [3.8, 4) is 5.69 Å². The molecular weight excluding hydrogens is 399 g/mol.